The third-order valence-corrected chi connectivity index (χ3v) is 3.10. The Balaban J connectivity index is 1.98. The maximum atomic E-state index is 13.4. The van der Waals surface area contributed by atoms with Crippen molar-refractivity contribution >= 4 is 28.5 Å². The zero-order valence-corrected chi connectivity index (χ0v) is 11.2. The van der Waals surface area contributed by atoms with E-state index < -0.39 is 5.82 Å². The highest BCUT2D eigenvalue weighted by atomic mass is 35.5. The molecule has 2 aromatic heterocycles. The standard InChI is InChI=1S/C13H10ClFN4O/c1-19-6-18-11-2-7(5-17-13(11)19)20-12-4-9(15)10(16)3-8(12)14/h2-6H,16H2,1H3. The lowest BCUT2D eigenvalue weighted by Crippen LogP contribution is -1.94. The topological polar surface area (TPSA) is 66.0 Å². The summed E-state index contributed by atoms with van der Waals surface area (Å²) < 4.78 is 20.7. The van der Waals surface area contributed by atoms with Gasteiger partial charge in [-0.3, -0.25) is 0 Å². The van der Waals surface area contributed by atoms with Crippen LogP contribution in [0.4, 0.5) is 10.1 Å². The summed E-state index contributed by atoms with van der Waals surface area (Å²) in [5.41, 5.74) is 6.80. The van der Waals surface area contributed by atoms with E-state index in [-0.39, 0.29) is 16.5 Å². The molecule has 0 aliphatic heterocycles. The molecule has 3 aromatic rings. The van der Waals surface area contributed by atoms with E-state index in [2.05, 4.69) is 9.97 Å². The number of imidazole rings is 1. The summed E-state index contributed by atoms with van der Waals surface area (Å²) in [5.74, 6) is 0.00833. The Kier molecular flexibility index (Phi) is 2.94. The minimum atomic E-state index is -0.587. The van der Waals surface area contributed by atoms with Crippen LogP contribution in [-0.4, -0.2) is 14.5 Å². The van der Waals surface area contributed by atoms with E-state index in [4.69, 9.17) is 22.1 Å². The van der Waals surface area contributed by atoms with Crippen LogP contribution in [0.15, 0.2) is 30.7 Å². The second-order valence-electron chi connectivity index (χ2n) is 4.28. The van der Waals surface area contributed by atoms with Crippen molar-refractivity contribution in [3.63, 3.8) is 0 Å². The summed E-state index contributed by atoms with van der Waals surface area (Å²) in [6.45, 7) is 0. The lowest BCUT2D eigenvalue weighted by Gasteiger charge is -2.08. The Morgan fingerprint density at radius 1 is 1.30 bits per heavy atom. The van der Waals surface area contributed by atoms with Gasteiger partial charge in [-0.25, -0.2) is 14.4 Å². The highest BCUT2D eigenvalue weighted by molar-refractivity contribution is 6.32. The van der Waals surface area contributed by atoms with Gasteiger partial charge in [-0.15, -0.1) is 0 Å². The molecule has 0 spiro atoms. The third-order valence-electron chi connectivity index (χ3n) is 2.81. The van der Waals surface area contributed by atoms with Gasteiger partial charge in [0.25, 0.3) is 0 Å². The van der Waals surface area contributed by atoms with Crippen molar-refractivity contribution in [1.29, 1.82) is 0 Å². The van der Waals surface area contributed by atoms with E-state index in [0.717, 1.165) is 11.7 Å². The second-order valence-corrected chi connectivity index (χ2v) is 4.68. The number of nitrogens with zero attached hydrogens (tertiary/aromatic N) is 3. The summed E-state index contributed by atoms with van der Waals surface area (Å²) in [5, 5.41) is 0.227. The van der Waals surface area contributed by atoms with Crippen molar-refractivity contribution in [2.45, 2.75) is 0 Å². The van der Waals surface area contributed by atoms with Gasteiger partial charge in [-0.1, -0.05) is 11.6 Å². The zero-order chi connectivity index (χ0) is 14.3. The molecule has 5 nitrogen and oxygen atoms in total. The van der Waals surface area contributed by atoms with Crippen molar-refractivity contribution < 1.29 is 9.13 Å². The van der Waals surface area contributed by atoms with Crippen molar-refractivity contribution in [3.05, 3.63) is 41.6 Å². The van der Waals surface area contributed by atoms with Crippen LogP contribution in [0.3, 0.4) is 0 Å². The van der Waals surface area contributed by atoms with Gasteiger partial charge in [0.1, 0.15) is 22.8 Å². The van der Waals surface area contributed by atoms with E-state index >= 15 is 0 Å². The molecule has 0 radical (unpaired) electrons. The molecular weight excluding hydrogens is 283 g/mol. The Morgan fingerprint density at radius 3 is 2.90 bits per heavy atom. The second kappa shape index (κ2) is 4.64. The molecular formula is C13H10ClFN4O. The Labute approximate surface area is 118 Å². The van der Waals surface area contributed by atoms with Crippen LogP contribution < -0.4 is 10.5 Å². The van der Waals surface area contributed by atoms with Gasteiger partial charge < -0.3 is 15.0 Å². The Hall–Kier alpha value is -2.34. The lowest BCUT2D eigenvalue weighted by molar-refractivity contribution is 0.476. The SMILES string of the molecule is Cn1cnc2cc(Oc3cc(F)c(N)cc3Cl)cnc21. The van der Waals surface area contributed by atoms with E-state index in [0.29, 0.717) is 11.3 Å². The number of anilines is 1. The number of pyridine rings is 1. The van der Waals surface area contributed by atoms with Crippen LogP contribution in [0.2, 0.25) is 5.02 Å². The van der Waals surface area contributed by atoms with Crippen molar-refractivity contribution in [1.82, 2.24) is 14.5 Å². The summed E-state index contributed by atoms with van der Waals surface area (Å²) in [4.78, 5) is 8.39. The van der Waals surface area contributed by atoms with Crippen LogP contribution in [0.5, 0.6) is 11.5 Å². The Morgan fingerprint density at radius 2 is 2.10 bits per heavy atom. The van der Waals surface area contributed by atoms with E-state index in [1.165, 1.54) is 12.3 Å². The average Bonchev–Trinajstić information content (AvgIpc) is 2.77. The number of hydrogen-bond donors (Lipinski definition) is 1. The van der Waals surface area contributed by atoms with E-state index in [1.807, 2.05) is 7.05 Å². The van der Waals surface area contributed by atoms with Crippen LogP contribution in [0, 0.1) is 5.82 Å². The smallest absolute Gasteiger partial charge is 0.159 e. The normalized spacial score (nSPS) is 10.9. The molecule has 0 saturated carbocycles. The number of aromatic nitrogens is 3. The highest BCUT2D eigenvalue weighted by Gasteiger charge is 2.10. The summed E-state index contributed by atoms with van der Waals surface area (Å²) in [7, 11) is 1.84. The molecule has 0 atom stereocenters. The maximum Gasteiger partial charge on any atom is 0.159 e. The van der Waals surface area contributed by atoms with E-state index in [9.17, 15) is 4.39 Å². The molecule has 0 unspecified atom stereocenters. The number of ether oxygens (including phenoxy) is 1. The van der Waals surface area contributed by atoms with Gasteiger partial charge in [0.2, 0.25) is 0 Å². The fourth-order valence-electron chi connectivity index (χ4n) is 1.80. The number of aryl methyl sites for hydroxylation is 1. The van der Waals surface area contributed by atoms with Gasteiger partial charge in [-0.2, -0.15) is 0 Å². The molecule has 2 heterocycles. The lowest BCUT2D eigenvalue weighted by atomic mass is 10.3. The molecule has 0 fully saturated rings. The van der Waals surface area contributed by atoms with Gasteiger partial charge in [0.05, 0.1) is 23.2 Å². The van der Waals surface area contributed by atoms with Crippen molar-refractivity contribution in [2.24, 2.45) is 7.05 Å². The van der Waals surface area contributed by atoms with Crippen molar-refractivity contribution in [2.75, 3.05) is 5.73 Å². The Bertz CT molecular complexity index is 802. The molecule has 7 heteroatoms. The first-order valence-corrected chi connectivity index (χ1v) is 6.12. The van der Waals surface area contributed by atoms with Gasteiger partial charge in [-0.05, 0) is 6.07 Å². The highest BCUT2D eigenvalue weighted by Crippen LogP contribution is 2.33. The molecule has 0 amide bonds. The summed E-state index contributed by atoms with van der Waals surface area (Å²) in [6, 6.07) is 4.14. The predicted molar refractivity (Wildman–Crippen MR) is 74.4 cm³/mol. The van der Waals surface area contributed by atoms with Crippen LogP contribution in [0.1, 0.15) is 0 Å². The molecule has 0 bridgehead atoms. The fourth-order valence-corrected chi connectivity index (χ4v) is 2.01. The van der Waals surface area contributed by atoms with E-state index in [1.54, 1.807) is 17.0 Å². The number of halogens is 2. The average molecular weight is 293 g/mol. The summed E-state index contributed by atoms with van der Waals surface area (Å²) >= 11 is 5.96. The number of hydrogen-bond acceptors (Lipinski definition) is 4. The van der Waals surface area contributed by atoms with Crippen LogP contribution >= 0.6 is 11.6 Å². The molecule has 0 saturated heterocycles. The predicted octanol–water partition coefficient (Wildman–Crippen LogP) is 3.14. The first-order valence-electron chi connectivity index (χ1n) is 5.74. The zero-order valence-electron chi connectivity index (χ0n) is 10.5. The maximum absolute atomic E-state index is 13.4. The van der Waals surface area contributed by atoms with Gasteiger partial charge in [0.15, 0.2) is 5.65 Å². The number of nitrogens with two attached hydrogens (primary N) is 1. The van der Waals surface area contributed by atoms with Crippen LogP contribution in [0.25, 0.3) is 11.2 Å². The fraction of sp³-hybridized carbons (Fsp3) is 0.0769. The first kappa shape index (κ1) is 12.7. The number of fused-ring (bicyclic) bond motifs is 1. The monoisotopic (exact) mass is 292 g/mol. The first-order chi connectivity index (χ1) is 9.54. The minimum absolute atomic E-state index is 0.0272. The largest absolute Gasteiger partial charge is 0.454 e. The van der Waals surface area contributed by atoms with Gasteiger partial charge in [0, 0.05) is 19.2 Å². The molecule has 2 N–H and O–H groups in total. The molecule has 1 aromatic carbocycles. The summed E-state index contributed by atoms with van der Waals surface area (Å²) in [6.07, 6.45) is 3.17. The third kappa shape index (κ3) is 2.14. The molecule has 3 rings (SSSR count). The molecule has 0 aliphatic rings. The minimum Gasteiger partial charge on any atom is -0.454 e. The molecule has 20 heavy (non-hydrogen) atoms. The van der Waals surface area contributed by atoms with Gasteiger partial charge >= 0.3 is 0 Å². The van der Waals surface area contributed by atoms with Crippen LogP contribution in [-0.2, 0) is 7.05 Å². The number of rotatable bonds is 2. The number of benzene rings is 1. The van der Waals surface area contributed by atoms with Crippen molar-refractivity contribution in [3.8, 4) is 11.5 Å². The molecule has 102 valence electrons. The molecule has 0 aliphatic carbocycles. The quantitative estimate of drug-likeness (QED) is 0.737. The number of nitrogen functional groups attached to an aromatic ring is 1.